The summed E-state index contributed by atoms with van der Waals surface area (Å²) < 4.78 is 0. The number of piperidine rings is 1. The Morgan fingerprint density at radius 2 is 1.76 bits per heavy atom. The average molecular weight is 298 g/mol. The Labute approximate surface area is 131 Å². The van der Waals surface area contributed by atoms with Gasteiger partial charge in [-0.3, -0.25) is 4.90 Å². The fraction of sp³-hybridized carbons (Fsp3) is 0.444. The van der Waals surface area contributed by atoms with Crippen LogP contribution in [0.15, 0.2) is 41.8 Å². The van der Waals surface area contributed by atoms with Crippen LogP contribution in [0.4, 0.5) is 0 Å². The molecule has 110 valence electrons. The van der Waals surface area contributed by atoms with Gasteiger partial charge < -0.3 is 4.90 Å². The van der Waals surface area contributed by atoms with Crippen molar-refractivity contribution in [2.75, 3.05) is 26.2 Å². The van der Waals surface area contributed by atoms with Crippen molar-refractivity contribution >= 4 is 11.3 Å². The van der Waals surface area contributed by atoms with Crippen LogP contribution in [0.25, 0.3) is 11.1 Å². The van der Waals surface area contributed by atoms with E-state index in [0.717, 1.165) is 12.6 Å². The van der Waals surface area contributed by atoms with Crippen molar-refractivity contribution in [3.63, 3.8) is 0 Å². The van der Waals surface area contributed by atoms with E-state index in [1.165, 1.54) is 55.0 Å². The minimum absolute atomic E-state index is 0.811. The summed E-state index contributed by atoms with van der Waals surface area (Å²) in [5, 5.41) is 2.31. The smallest absolute Gasteiger partial charge is 0.0331 e. The van der Waals surface area contributed by atoms with Gasteiger partial charge in [0, 0.05) is 30.6 Å². The Balaban J connectivity index is 1.49. The molecule has 3 heteroatoms. The first-order valence-corrected chi connectivity index (χ1v) is 8.86. The first-order valence-electron chi connectivity index (χ1n) is 7.98. The second kappa shape index (κ2) is 5.91. The molecule has 21 heavy (non-hydrogen) atoms. The molecular weight excluding hydrogens is 276 g/mol. The fourth-order valence-corrected chi connectivity index (χ4v) is 4.53. The molecule has 3 saturated heterocycles. The van der Waals surface area contributed by atoms with Crippen molar-refractivity contribution in [1.82, 2.24) is 9.80 Å². The number of thiophene rings is 1. The number of rotatable bonds is 3. The van der Waals surface area contributed by atoms with E-state index in [4.69, 9.17) is 0 Å². The predicted molar refractivity (Wildman–Crippen MR) is 89.6 cm³/mol. The summed E-state index contributed by atoms with van der Waals surface area (Å²) >= 11 is 1.92. The van der Waals surface area contributed by atoms with Crippen molar-refractivity contribution in [2.45, 2.75) is 25.4 Å². The van der Waals surface area contributed by atoms with Crippen molar-refractivity contribution in [1.29, 1.82) is 0 Å². The highest BCUT2D eigenvalue weighted by atomic mass is 32.1. The van der Waals surface area contributed by atoms with E-state index in [9.17, 15) is 0 Å². The molecule has 0 unspecified atom stereocenters. The van der Waals surface area contributed by atoms with E-state index in [1.54, 1.807) is 0 Å². The number of nitrogens with zero attached hydrogens (tertiary/aromatic N) is 2. The van der Waals surface area contributed by atoms with Crippen LogP contribution in [0.2, 0.25) is 0 Å². The first-order chi connectivity index (χ1) is 10.4. The van der Waals surface area contributed by atoms with Gasteiger partial charge in [0.1, 0.15) is 0 Å². The predicted octanol–water partition coefficient (Wildman–Crippen LogP) is 3.70. The number of hydrogen-bond acceptors (Lipinski definition) is 3. The Hall–Kier alpha value is -1.16. The van der Waals surface area contributed by atoms with Crippen LogP contribution in [-0.4, -0.2) is 42.0 Å². The summed E-state index contributed by atoms with van der Waals surface area (Å²) in [6.07, 6.45) is 2.72. The molecule has 2 bridgehead atoms. The van der Waals surface area contributed by atoms with Crippen LogP contribution in [0, 0.1) is 0 Å². The normalized spacial score (nSPS) is 25.9. The van der Waals surface area contributed by atoms with Gasteiger partial charge in [-0.15, -0.1) is 11.3 Å². The molecule has 0 aliphatic carbocycles. The summed E-state index contributed by atoms with van der Waals surface area (Å²) in [6, 6.07) is 13.9. The fourth-order valence-electron chi connectivity index (χ4n) is 3.61. The molecule has 1 aromatic heterocycles. The molecule has 0 spiro atoms. The minimum atomic E-state index is 0.811. The Morgan fingerprint density at radius 3 is 2.57 bits per heavy atom. The Bertz CT molecular complexity index is 584. The maximum Gasteiger partial charge on any atom is 0.0331 e. The van der Waals surface area contributed by atoms with E-state index in [2.05, 4.69) is 51.6 Å². The van der Waals surface area contributed by atoms with Gasteiger partial charge in [0.2, 0.25) is 0 Å². The van der Waals surface area contributed by atoms with Crippen LogP contribution in [-0.2, 0) is 6.54 Å². The lowest BCUT2D eigenvalue weighted by atomic mass is 10.1. The number of benzene rings is 1. The SMILES string of the molecule is c1ccc(-c2csc(CN3CCN4CCC3CC4)c2)cc1. The molecule has 0 atom stereocenters. The third-order valence-corrected chi connectivity index (χ3v) is 5.82. The third-order valence-electron chi connectivity index (χ3n) is 4.90. The summed E-state index contributed by atoms with van der Waals surface area (Å²) in [5.74, 6) is 0. The lowest BCUT2D eigenvalue weighted by molar-refractivity contribution is 0.178. The van der Waals surface area contributed by atoms with Gasteiger partial charge in [-0.25, -0.2) is 0 Å². The highest BCUT2D eigenvalue weighted by molar-refractivity contribution is 7.10. The highest BCUT2D eigenvalue weighted by Crippen LogP contribution is 2.28. The number of hydrogen-bond donors (Lipinski definition) is 0. The van der Waals surface area contributed by atoms with Crippen molar-refractivity contribution in [3.05, 3.63) is 46.7 Å². The van der Waals surface area contributed by atoms with Crippen molar-refractivity contribution in [3.8, 4) is 11.1 Å². The highest BCUT2D eigenvalue weighted by Gasteiger charge is 2.28. The maximum absolute atomic E-state index is 2.72. The Morgan fingerprint density at radius 1 is 0.952 bits per heavy atom. The van der Waals surface area contributed by atoms with Gasteiger partial charge in [0.15, 0.2) is 0 Å². The molecule has 0 amide bonds. The summed E-state index contributed by atoms with van der Waals surface area (Å²) in [5.41, 5.74) is 2.71. The minimum Gasteiger partial charge on any atom is -0.302 e. The molecule has 0 N–H and O–H groups in total. The molecule has 0 saturated carbocycles. The number of fused-ring (bicyclic) bond motifs is 4. The zero-order chi connectivity index (χ0) is 14.1. The van der Waals surface area contributed by atoms with Gasteiger partial charge >= 0.3 is 0 Å². The van der Waals surface area contributed by atoms with E-state index in [-0.39, 0.29) is 0 Å². The topological polar surface area (TPSA) is 6.48 Å². The van der Waals surface area contributed by atoms with E-state index < -0.39 is 0 Å². The van der Waals surface area contributed by atoms with Crippen LogP contribution < -0.4 is 0 Å². The first kappa shape index (κ1) is 13.5. The molecule has 0 radical (unpaired) electrons. The molecule has 5 rings (SSSR count). The summed E-state index contributed by atoms with van der Waals surface area (Å²) in [7, 11) is 0. The molecule has 1 aromatic carbocycles. The molecule has 2 aromatic rings. The second-order valence-corrected chi connectivity index (χ2v) is 7.21. The molecule has 3 aliphatic rings. The Kier molecular flexibility index (Phi) is 3.80. The van der Waals surface area contributed by atoms with E-state index in [0.29, 0.717) is 0 Å². The maximum atomic E-state index is 2.72. The monoisotopic (exact) mass is 298 g/mol. The standard InChI is InChI=1S/C18H22N2S/c1-2-4-15(5-3-1)16-12-18(21-14-16)13-20-11-10-19-8-6-17(20)7-9-19/h1-5,12,14,17H,6-11,13H2. The van der Waals surface area contributed by atoms with Gasteiger partial charge in [-0.2, -0.15) is 0 Å². The quantitative estimate of drug-likeness (QED) is 0.852. The van der Waals surface area contributed by atoms with Crippen LogP contribution in [0.3, 0.4) is 0 Å². The lowest BCUT2D eigenvalue weighted by Gasteiger charge is -2.31. The summed E-state index contributed by atoms with van der Waals surface area (Å²) in [4.78, 5) is 6.85. The lowest BCUT2D eigenvalue weighted by Crippen LogP contribution is -2.37. The molecule has 3 aliphatic heterocycles. The van der Waals surface area contributed by atoms with Gasteiger partial charge in [-0.1, -0.05) is 30.3 Å². The average Bonchev–Trinajstić information content (AvgIpc) is 2.84. The van der Waals surface area contributed by atoms with Crippen molar-refractivity contribution < 1.29 is 0 Å². The molecular formula is C18H22N2S. The third kappa shape index (κ3) is 2.91. The van der Waals surface area contributed by atoms with Gasteiger partial charge in [-0.05, 0) is 48.5 Å². The molecule has 2 nitrogen and oxygen atoms in total. The van der Waals surface area contributed by atoms with E-state index in [1.807, 2.05) is 11.3 Å². The van der Waals surface area contributed by atoms with Gasteiger partial charge in [0.05, 0.1) is 0 Å². The summed E-state index contributed by atoms with van der Waals surface area (Å²) in [6.45, 7) is 6.24. The molecule has 3 fully saturated rings. The second-order valence-electron chi connectivity index (χ2n) is 6.21. The van der Waals surface area contributed by atoms with E-state index >= 15 is 0 Å². The largest absolute Gasteiger partial charge is 0.302 e. The molecule has 4 heterocycles. The van der Waals surface area contributed by atoms with Gasteiger partial charge in [0.25, 0.3) is 0 Å². The zero-order valence-electron chi connectivity index (χ0n) is 12.4. The van der Waals surface area contributed by atoms with Crippen molar-refractivity contribution in [2.24, 2.45) is 0 Å². The zero-order valence-corrected chi connectivity index (χ0v) is 13.2. The van der Waals surface area contributed by atoms with Crippen LogP contribution in [0.1, 0.15) is 17.7 Å². The van der Waals surface area contributed by atoms with Crippen LogP contribution in [0.5, 0.6) is 0 Å². The van der Waals surface area contributed by atoms with Crippen LogP contribution >= 0.6 is 11.3 Å².